The number of piperidine rings is 1. The molecule has 5 aliphatic rings. The molecule has 384 valence electrons. The van der Waals surface area contributed by atoms with Gasteiger partial charge in [-0.2, -0.15) is 4.98 Å². The van der Waals surface area contributed by atoms with Gasteiger partial charge < -0.3 is 39.6 Å². The number of aliphatic hydroxyl groups excluding tert-OH is 1. The predicted molar refractivity (Wildman–Crippen MR) is 269 cm³/mol. The third-order valence-electron chi connectivity index (χ3n) is 15.9. The van der Waals surface area contributed by atoms with Crippen molar-refractivity contribution in [1.29, 1.82) is 0 Å². The van der Waals surface area contributed by atoms with E-state index in [1.54, 1.807) is 19.1 Å². The molecule has 3 aromatic carbocycles. The average Bonchev–Trinajstić information content (AvgIpc) is 3.97. The molecule has 2 saturated heterocycles. The number of ether oxygens (including phenoxy) is 3. The Kier molecular flexibility index (Phi) is 13.4. The minimum atomic E-state index is -4.79. The van der Waals surface area contributed by atoms with Crippen molar-refractivity contribution in [3.63, 3.8) is 0 Å². The molecule has 0 unspecified atom stereocenters. The summed E-state index contributed by atoms with van der Waals surface area (Å²) in [6, 6.07) is 17.7. The smallest absolute Gasteiger partial charge is 0.297 e. The molecule has 72 heavy (non-hydrogen) atoms. The fourth-order valence-electron chi connectivity index (χ4n) is 11.9. The molecule has 17 nitrogen and oxygen atoms in total. The zero-order valence-electron chi connectivity index (χ0n) is 41.2. The first kappa shape index (κ1) is 49.6. The van der Waals surface area contributed by atoms with Gasteiger partial charge in [-0.05, 0) is 125 Å². The Morgan fingerprint density at radius 1 is 1.03 bits per heavy atom. The van der Waals surface area contributed by atoms with Crippen LogP contribution in [0.1, 0.15) is 125 Å². The number of anilines is 2. The van der Waals surface area contributed by atoms with Gasteiger partial charge in [0.2, 0.25) is 0 Å². The summed E-state index contributed by atoms with van der Waals surface area (Å²) in [5, 5.41) is 36.3. The number of carbonyl (C=O) groups is 1. The summed E-state index contributed by atoms with van der Waals surface area (Å²) in [5.74, 6) is -1.57. The highest BCUT2D eigenvalue weighted by atomic mass is 32.2. The van der Waals surface area contributed by atoms with Crippen LogP contribution in [-0.4, -0.2) is 101 Å². The fraction of sp³-hybridized carbons (Fsp3) is 0.509. The number of pyridine rings is 1. The Hall–Kier alpha value is -6.02. The van der Waals surface area contributed by atoms with E-state index in [9.17, 15) is 33.5 Å². The van der Waals surface area contributed by atoms with Gasteiger partial charge in [-0.3, -0.25) is 19.8 Å². The normalized spacial score (nSPS) is 23.8. The number of nitro benzene ring substituents is 1. The Bertz CT molecular complexity index is 2970. The number of aromatic amines is 1. The van der Waals surface area contributed by atoms with Gasteiger partial charge in [0.25, 0.3) is 27.5 Å². The number of hydrogen-bond donors (Lipinski definition) is 5. The van der Waals surface area contributed by atoms with Crippen LogP contribution in [0.25, 0.3) is 11.0 Å². The average molecular weight is 1010 g/mol. The molecule has 3 atom stereocenters. The van der Waals surface area contributed by atoms with Crippen molar-refractivity contribution in [2.45, 2.75) is 133 Å². The monoisotopic (exact) mass is 1010 g/mol. The summed E-state index contributed by atoms with van der Waals surface area (Å²) >= 11 is 0. The number of benzene rings is 3. The largest absolute Gasteiger partial charge is 0.489 e. The number of H-pyrrole nitrogens is 1. The number of carbonyl (C=O) groups excluding carboxylic acids is 1. The fourth-order valence-corrected chi connectivity index (χ4v) is 12.9. The molecule has 0 radical (unpaired) electrons. The maximum Gasteiger partial charge on any atom is 0.297 e. The lowest BCUT2D eigenvalue weighted by atomic mass is 9.59. The van der Waals surface area contributed by atoms with Gasteiger partial charge in [0.05, 0.1) is 38.5 Å². The van der Waals surface area contributed by atoms with Gasteiger partial charge in [-0.25, -0.2) is 17.5 Å². The first-order chi connectivity index (χ1) is 34.4. The summed E-state index contributed by atoms with van der Waals surface area (Å²) in [6.45, 7) is 10.3. The van der Waals surface area contributed by atoms with Crippen LogP contribution in [0.15, 0.2) is 71.8 Å². The second-order valence-corrected chi connectivity index (χ2v) is 23.1. The number of nitro groups is 1. The Labute approximate surface area is 418 Å². The molecule has 1 spiro atoms. The predicted octanol–water partition coefficient (Wildman–Crippen LogP) is 9.10. The summed E-state index contributed by atoms with van der Waals surface area (Å²) in [6.07, 6.45) is 9.26. The van der Waals surface area contributed by atoms with Crippen molar-refractivity contribution in [3.05, 3.63) is 99.5 Å². The summed E-state index contributed by atoms with van der Waals surface area (Å²) in [5.41, 5.74) is 2.46. The highest BCUT2D eigenvalue weighted by Gasteiger charge is 2.50. The van der Waals surface area contributed by atoms with Gasteiger partial charge in [-0.1, -0.05) is 38.1 Å². The maximum absolute atomic E-state index is 15.0. The number of fused-ring (bicyclic) bond motifs is 2. The van der Waals surface area contributed by atoms with Crippen molar-refractivity contribution in [1.82, 2.24) is 19.6 Å². The number of nitrogens with zero attached hydrogens (tertiary/aromatic N) is 4. The van der Waals surface area contributed by atoms with Crippen molar-refractivity contribution in [2.24, 2.45) is 11.3 Å². The summed E-state index contributed by atoms with van der Waals surface area (Å²) in [4.78, 5) is 37.6. The van der Waals surface area contributed by atoms with Gasteiger partial charge in [0.1, 0.15) is 30.4 Å². The third kappa shape index (κ3) is 9.92. The third-order valence-corrected chi connectivity index (χ3v) is 17.2. The molecule has 1 amide bonds. The van der Waals surface area contributed by atoms with Crippen molar-refractivity contribution in [2.75, 3.05) is 43.1 Å². The number of nitrogens with one attached hydrogen (secondary N) is 3. The second kappa shape index (κ2) is 19.4. The van der Waals surface area contributed by atoms with Crippen LogP contribution in [0.3, 0.4) is 0 Å². The molecule has 5 aromatic rings. The molecular formula is C53H64FN7O10S. The van der Waals surface area contributed by atoms with Gasteiger partial charge in [0, 0.05) is 61.3 Å². The van der Waals surface area contributed by atoms with Crippen LogP contribution < -0.4 is 29.1 Å². The molecule has 19 heteroatoms. The van der Waals surface area contributed by atoms with E-state index in [1.807, 2.05) is 0 Å². The highest BCUT2D eigenvalue weighted by molar-refractivity contribution is 7.90. The van der Waals surface area contributed by atoms with E-state index in [2.05, 4.69) is 67.9 Å². The number of likely N-dealkylation sites (tertiary alicyclic amines) is 1. The van der Waals surface area contributed by atoms with Crippen LogP contribution in [0.5, 0.6) is 23.1 Å². The standard InChI is InChI=1S/C53H64FN7O10S/c1-31(2)37-8-5-6-9-38(37)43-10-7-19-60(43)35-26-53(27-35)17-20-59(21-18-53)34-11-12-39(45(22-34)71-47-25-40-41(54)28-55-49(40)57-51(47)70-29-32(3)62)50(63)58-72(67,68)36-23-44(61(65)66)48-46(24-36)69-30-42(56-48)33-13-15-52(4,64)16-14-33/h5-6,8-9,11-12,22-25,28,31-33,35,42-43,56,62,64H,7,10,13-21,26-27,29-30H2,1-4H3,(H,55,57)(H,58,63)/t32-,33-,42+,43+,52-/m0/s1. The van der Waals surface area contributed by atoms with Crippen LogP contribution in [0.2, 0.25) is 0 Å². The second-order valence-electron chi connectivity index (χ2n) is 21.4. The van der Waals surface area contributed by atoms with Crippen LogP contribution in [0, 0.1) is 27.3 Å². The lowest BCUT2D eigenvalue weighted by Crippen LogP contribution is -2.54. The first-order valence-electron chi connectivity index (χ1n) is 25.3. The number of halogens is 1. The van der Waals surface area contributed by atoms with Gasteiger partial charge in [-0.15, -0.1) is 0 Å². The molecule has 2 aromatic heterocycles. The maximum atomic E-state index is 15.0. The zero-order chi connectivity index (χ0) is 50.7. The molecule has 5 N–H and O–H groups in total. The molecular weight excluding hydrogens is 946 g/mol. The van der Waals surface area contributed by atoms with E-state index in [1.165, 1.54) is 43.0 Å². The lowest BCUT2D eigenvalue weighted by Gasteiger charge is -2.56. The van der Waals surface area contributed by atoms with Crippen LogP contribution >= 0.6 is 0 Å². The van der Waals surface area contributed by atoms with E-state index in [0.29, 0.717) is 49.4 Å². The topological polar surface area (TPSA) is 222 Å². The number of aromatic nitrogens is 2. The van der Waals surface area contributed by atoms with Gasteiger partial charge >= 0.3 is 0 Å². The van der Waals surface area contributed by atoms with E-state index >= 15 is 4.39 Å². The van der Waals surface area contributed by atoms with Crippen molar-refractivity contribution < 1.29 is 46.9 Å². The van der Waals surface area contributed by atoms with Gasteiger partial charge in [0.15, 0.2) is 17.2 Å². The molecule has 5 heterocycles. The summed E-state index contributed by atoms with van der Waals surface area (Å²) in [7, 11) is -4.79. The molecule has 3 aliphatic heterocycles. The highest BCUT2D eigenvalue weighted by Crippen LogP contribution is 2.54. The number of amides is 1. The van der Waals surface area contributed by atoms with Crippen LogP contribution in [0.4, 0.5) is 21.5 Å². The number of sulfonamides is 1. The van der Waals surface area contributed by atoms with Crippen molar-refractivity contribution >= 4 is 44.0 Å². The zero-order valence-corrected chi connectivity index (χ0v) is 42.0. The minimum absolute atomic E-state index is 0.0347. The lowest BCUT2D eigenvalue weighted by molar-refractivity contribution is -0.384. The minimum Gasteiger partial charge on any atom is -0.489 e. The SMILES string of the molecule is CC(C)c1ccccc1[C@H]1CCCN1C1CC2(CCN(c3ccc(C(=O)NS(=O)(=O)c4cc5c(c([N+](=O)[O-])c4)N[C@@H]([C@H]4CC[C@](C)(O)CC4)CO5)c(Oc4cc5c(F)c[nH]c5nc4OC[C@H](C)O)c3)CC2)C1. The molecule has 2 saturated carbocycles. The molecule has 10 rings (SSSR count). The number of rotatable bonds is 14. The Morgan fingerprint density at radius 3 is 2.50 bits per heavy atom. The Balaban J connectivity index is 0.900. The van der Waals surface area contributed by atoms with E-state index < -0.39 is 49.0 Å². The molecule has 2 aliphatic carbocycles. The van der Waals surface area contributed by atoms with Crippen molar-refractivity contribution in [3.8, 4) is 23.1 Å². The van der Waals surface area contributed by atoms with E-state index in [0.717, 1.165) is 63.6 Å². The molecule has 4 fully saturated rings. The molecule has 0 bridgehead atoms. The van der Waals surface area contributed by atoms with E-state index in [-0.39, 0.29) is 76.0 Å². The van der Waals surface area contributed by atoms with Crippen LogP contribution in [-0.2, 0) is 10.0 Å². The quantitative estimate of drug-likeness (QED) is 0.0517. The number of aliphatic hydroxyl groups is 2. The Morgan fingerprint density at radius 2 is 1.78 bits per heavy atom. The summed E-state index contributed by atoms with van der Waals surface area (Å²) < 4.78 is 63.6. The number of hydrogen-bond acceptors (Lipinski definition) is 14. The first-order valence-corrected chi connectivity index (χ1v) is 26.8. The van der Waals surface area contributed by atoms with E-state index in [4.69, 9.17) is 14.2 Å².